The van der Waals surface area contributed by atoms with Crippen LogP contribution in [0.1, 0.15) is 53.1 Å². The van der Waals surface area contributed by atoms with Gasteiger partial charge in [-0.25, -0.2) is 0 Å². The Morgan fingerprint density at radius 1 is 1.32 bits per heavy atom. The van der Waals surface area contributed by atoms with Gasteiger partial charge in [0.1, 0.15) is 0 Å². The molecule has 4 heterocycles. The summed E-state index contributed by atoms with van der Waals surface area (Å²) >= 11 is 0. The molecule has 10 nitrogen and oxygen atoms in total. The van der Waals surface area contributed by atoms with E-state index in [0.717, 1.165) is 18.7 Å². The van der Waals surface area contributed by atoms with Crippen molar-refractivity contribution in [1.29, 1.82) is 0 Å². The minimum atomic E-state index is -4.52. The average Bonchev–Trinajstić information content (AvgIpc) is 3.63. The van der Waals surface area contributed by atoms with Crippen molar-refractivity contribution in [3.05, 3.63) is 47.1 Å². The lowest BCUT2D eigenvalue weighted by Crippen LogP contribution is -2.53. The fourth-order valence-electron chi connectivity index (χ4n) is 6.24. The van der Waals surface area contributed by atoms with Crippen molar-refractivity contribution in [2.75, 3.05) is 40.5 Å². The van der Waals surface area contributed by atoms with Gasteiger partial charge in [0.2, 0.25) is 11.7 Å². The molecule has 1 saturated carbocycles. The summed E-state index contributed by atoms with van der Waals surface area (Å²) in [6.07, 6.45) is 0.426. The van der Waals surface area contributed by atoms with Gasteiger partial charge in [0.25, 0.3) is 5.91 Å². The molecule has 3 unspecified atom stereocenters. The number of halogens is 3. The molecule has 2 aromatic heterocycles. The van der Waals surface area contributed by atoms with Gasteiger partial charge in [0.05, 0.1) is 29.9 Å². The highest BCUT2D eigenvalue weighted by atomic mass is 19.4. The van der Waals surface area contributed by atoms with E-state index >= 15 is 0 Å². The number of pyridine rings is 1. The van der Waals surface area contributed by atoms with Crippen molar-refractivity contribution in [2.24, 2.45) is 5.41 Å². The fraction of sp³-hybridized carbons (Fsp3) is 0.630. The largest absolute Gasteiger partial charge is 0.417 e. The summed E-state index contributed by atoms with van der Waals surface area (Å²) in [5, 5.41) is 7.26. The quantitative estimate of drug-likeness (QED) is 0.546. The van der Waals surface area contributed by atoms with Crippen LogP contribution in [0.25, 0.3) is 0 Å². The van der Waals surface area contributed by atoms with E-state index < -0.39 is 23.1 Å². The van der Waals surface area contributed by atoms with Gasteiger partial charge in [-0.05, 0) is 37.3 Å². The maximum atomic E-state index is 14.3. The molecule has 1 aliphatic carbocycles. The number of hydrogen-bond acceptors (Lipinski definition) is 8. The van der Waals surface area contributed by atoms with E-state index in [9.17, 15) is 22.8 Å². The highest BCUT2D eigenvalue weighted by Crippen LogP contribution is 2.42. The molecule has 0 bridgehead atoms. The number of rotatable bonds is 7. The summed E-state index contributed by atoms with van der Waals surface area (Å²) in [6, 6.07) is 2.61. The Labute approximate surface area is 230 Å². The second-order valence-electron chi connectivity index (χ2n) is 11.0. The monoisotopic (exact) mass is 565 g/mol. The van der Waals surface area contributed by atoms with E-state index in [0.29, 0.717) is 56.7 Å². The minimum absolute atomic E-state index is 0.00550. The maximum absolute atomic E-state index is 14.3. The molecule has 1 N–H and O–H groups in total. The second-order valence-corrected chi connectivity index (χ2v) is 11.0. The number of amides is 2. The Morgan fingerprint density at radius 3 is 2.88 bits per heavy atom. The molecule has 0 aromatic carbocycles. The lowest BCUT2D eigenvalue weighted by molar-refractivity contribution is -0.143. The number of aromatic nitrogens is 2. The zero-order valence-corrected chi connectivity index (χ0v) is 22.6. The number of ether oxygens (including phenoxy) is 2. The third-order valence-corrected chi connectivity index (χ3v) is 8.31. The molecule has 0 radical (unpaired) electrons. The number of nitrogens with zero attached hydrogens (tertiary/aromatic N) is 4. The van der Waals surface area contributed by atoms with Crippen LogP contribution < -0.4 is 5.32 Å². The van der Waals surface area contributed by atoms with E-state index in [2.05, 4.69) is 15.5 Å². The molecule has 5 rings (SSSR count). The van der Waals surface area contributed by atoms with Crippen LogP contribution in [-0.4, -0.2) is 90.4 Å². The normalized spacial score (nSPS) is 26.9. The van der Waals surface area contributed by atoms with Crippen LogP contribution in [-0.2, 0) is 33.4 Å². The molecule has 3 aliphatic rings. The van der Waals surface area contributed by atoms with Gasteiger partial charge in [0.15, 0.2) is 0 Å². The molecular weight excluding hydrogens is 531 g/mol. The molecule has 2 amide bonds. The van der Waals surface area contributed by atoms with Gasteiger partial charge >= 0.3 is 6.18 Å². The first-order valence-corrected chi connectivity index (χ1v) is 13.5. The van der Waals surface area contributed by atoms with Crippen molar-refractivity contribution in [2.45, 2.75) is 63.0 Å². The van der Waals surface area contributed by atoms with Gasteiger partial charge in [-0.2, -0.15) is 13.2 Å². The first-order valence-electron chi connectivity index (χ1n) is 13.5. The molecule has 218 valence electrons. The van der Waals surface area contributed by atoms with Crippen LogP contribution in [0.5, 0.6) is 0 Å². The van der Waals surface area contributed by atoms with Crippen LogP contribution in [0.15, 0.2) is 29.0 Å². The van der Waals surface area contributed by atoms with E-state index in [4.69, 9.17) is 14.0 Å². The highest BCUT2D eigenvalue weighted by Gasteiger charge is 2.49. The van der Waals surface area contributed by atoms with E-state index in [1.54, 1.807) is 19.1 Å². The SMILES string of the molecule is COC1COCCC1NC1CC[C@](CN(C)C(=O)c2ccno2)(C(=O)N2CCc3ncc(C(F)(F)F)cc3C2)C1. The first kappa shape index (κ1) is 28.5. The van der Waals surface area contributed by atoms with Crippen molar-refractivity contribution >= 4 is 11.8 Å². The van der Waals surface area contributed by atoms with Gasteiger partial charge in [-0.3, -0.25) is 14.6 Å². The predicted octanol–water partition coefficient (Wildman–Crippen LogP) is 2.68. The average molecular weight is 566 g/mol. The number of alkyl halides is 3. The lowest BCUT2D eigenvalue weighted by atomic mass is 9.82. The smallest absolute Gasteiger partial charge is 0.379 e. The molecule has 1 saturated heterocycles. The summed E-state index contributed by atoms with van der Waals surface area (Å²) < 4.78 is 56.2. The fourth-order valence-corrected chi connectivity index (χ4v) is 6.24. The molecule has 2 aromatic rings. The number of carbonyl (C=O) groups excluding carboxylic acids is 2. The van der Waals surface area contributed by atoms with Crippen LogP contribution in [0.2, 0.25) is 0 Å². The van der Waals surface area contributed by atoms with Gasteiger partial charge in [-0.1, -0.05) is 5.16 Å². The Bertz CT molecular complexity index is 1210. The van der Waals surface area contributed by atoms with Gasteiger partial charge in [0, 0.05) is 76.9 Å². The van der Waals surface area contributed by atoms with Gasteiger partial charge in [-0.15, -0.1) is 0 Å². The van der Waals surface area contributed by atoms with Gasteiger partial charge < -0.3 is 29.1 Å². The summed E-state index contributed by atoms with van der Waals surface area (Å²) in [6.45, 7) is 1.62. The molecule has 2 aliphatic heterocycles. The molecule has 4 atom stereocenters. The second kappa shape index (κ2) is 11.5. The van der Waals surface area contributed by atoms with E-state index in [-0.39, 0.29) is 42.9 Å². The van der Waals surface area contributed by atoms with Crippen molar-refractivity contribution in [3.63, 3.8) is 0 Å². The number of methoxy groups -OCH3 is 1. The van der Waals surface area contributed by atoms with Crippen molar-refractivity contribution in [3.8, 4) is 0 Å². The molecule has 0 spiro atoms. The summed E-state index contributed by atoms with van der Waals surface area (Å²) in [5.74, 6) is -0.499. The minimum Gasteiger partial charge on any atom is -0.379 e. The third-order valence-electron chi connectivity index (χ3n) is 8.31. The Hall–Kier alpha value is -3.03. The number of nitrogens with one attached hydrogen (secondary N) is 1. The first-order chi connectivity index (χ1) is 19.1. The molecule has 2 fully saturated rings. The van der Waals surface area contributed by atoms with E-state index in [1.807, 2.05) is 0 Å². The predicted molar refractivity (Wildman–Crippen MR) is 135 cm³/mol. The van der Waals surface area contributed by atoms with E-state index in [1.165, 1.54) is 17.2 Å². The third kappa shape index (κ3) is 5.86. The topological polar surface area (TPSA) is 110 Å². The van der Waals surface area contributed by atoms with Crippen molar-refractivity contribution in [1.82, 2.24) is 25.3 Å². The zero-order chi connectivity index (χ0) is 28.5. The van der Waals surface area contributed by atoms with Crippen LogP contribution in [0.3, 0.4) is 0 Å². The molecule has 40 heavy (non-hydrogen) atoms. The van der Waals surface area contributed by atoms with Crippen LogP contribution in [0.4, 0.5) is 13.2 Å². The number of hydrogen-bond donors (Lipinski definition) is 1. The highest BCUT2D eigenvalue weighted by molar-refractivity contribution is 5.92. The summed E-state index contributed by atoms with van der Waals surface area (Å²) in [7, 11) is 3.26. The summed E-state index contributed by atoms with van der Waals surface area (Å²) in [5.41, 5.74) is -0.794. The van der Waals surface area contributed by atoms with Crippen molar-refractivity contribution < 1.29 is 36.8 Å². The van der Waals surface area contributed by atoms with Crippen LogP contribution in [0, 0.1) is 5.41 Å². The standard InChI is InChI=1S/C27H34F3N5O5/c1-34(24(36)22-4-8-32-40-22)16-26(7-3-19(12-26)33-21-6-10-39-15-23(21)38-2)25(37)35-9-5-20-17(14-35)11-18(13-31-20)27(28,29)30/h4,8,11,13,19,21,23,33H,3,5-7,9-10,12,14-16H2,1-2H3/t19?,21?,23?,26-/m0/s1. The Morgan fingerprint density at radius 2 is 2.15 bits per heavy atom. The Balaban J connectivity index is 1.37. The summed E-state index contributed by atoms with van der Waals surface area (Å²) in [4.78, 5) is 34.4. The molecule has 13 heteroatoms. The van der Waals surface area contributed by atoms with Crippen LogP contribution >= 0.6 is 0 Å². The lowest BCUT2D eigenvalue weighted by Gasteiger charge is -2.39. The zero-order valence-electron chi connectivity index (χ0n) is 22.6. The molecular formula is C27H34F3N5O5. The number of fused-ring (bicyclic) bond motifs is 1. The maximum Gasteiger partial charge on any atom is 0.417 e. The Kier molecular flexibility index (Phi) is 8.16. The number of carbonyl (C=O) groups is 2.